The predicted molar refractivity (Wildman–Crippen MR) is 64.0 cm³/mol. The number of hydrogen-bond acceptors (Lipinski definition) is 3. The fourth-order valence-corrected chi connectivity index (χ4v) is 1.34. The second-order valence-corrected chi connectivity index (χ2v) is 3.69. The van der Waals surface area contributed by atoms with E-state index in [4.69, 9.17) is 5.11 Å². The molecule has 0 aliphatic carbocycles. The van der Waals surface area contributed by atoms with E-state index in [0.29, 0.717) is 0 Å². The fraction of sp³-hybridized carbons (Fsp3) is 0.250. The van der Waals surface area contributed by atoms with Gasteiger partial charge in [0.1, 0.15) is 0 Å². The van der Waals surface area contributed by atoms with Crippen molar-refractivity contribution >= 4 is 17.8 Å². The number of carbonyl (C=O) groups is 3. The highest BCUT2D eigenvalue weighted by Crippen LogP contribution is 2.10. The molecule has 2 amide bonds. The van der Waals surface area contributed by atoms with E-state index in [-0.39, 0.29) is 6.04 Å². The normalized spacial score (nSPS) is 11.4. The number of nitrogens with one attached hydrogen (secondary N) is 2. The lowest BCUT2D eigenvalue weighted by Crippen LogP contribution is -2.39. The Hall–Kier alpha value is -2.37. The summed E-state index contributed by atoms with van der Waals surface area (Å²) in [5.74, 6) is -1.62. The summed E-state index contributed by atoms with van der Waals surface area (Å²) < 4.78 is 0. The van der Waals surface area contributed by atoms with Crippen LogP contribution in [0.5, 0.6) is 0 Å². The molecule has 0 bridgehead atoms. The van der Waals surface area contributed by atoms with E-state index < -0.39 is 24.3 Å². The molecule has 0 saturated carbocycles. The molecule has 0 aliphatic heterocycles. The number of benzene rings is 1. The highest BCUT2D eigenvalue weighted by molar-refractivity contribution is 6.37. The molecule has 18 heavy (non-hydrogen) atoms. The van der Waals surface area contributed by atoms with E-state index in [2.05, 4.69) is 5.32 Å². The lowest BCUT2D eigenvalue weighted by Gasteiger charge is -2.13. The molecule has 6 nitrogen and oxygen atoms in total. The molecule has 0 fully saturated rings. The van der Waals surface area contributed by atoms with Gasteiger partial charge in [0, 0.05) is 0 Å². The van der Waals surface area contributed by atoms with Crippen LogP contribution in [0.4, 0.5) is 4.79 Å². The molecule has 1 atom stereocenters. The molecule has 6 heteroatoms. The quantitative estimate of drug-likeness (QED) is 0.670. The van der Waals surface area contributed by atoms with Crippen molar-refractivity contribution in [2.45, 2.75) is 13.0 Å². The van der Waals surface area contributed by atoms with Gasteiger partial charge in [0.2, 0.25) is 5.78 Å². The molecule has 1 rings (SSSR count). The van der Waals surface area contributed by atoms with Crippen LogP contribution in [-0.4, -0.2) is 29.4 Å². The highest BCUT2D eigenvalue weighted by Gasteiger charge is 2.17. The summed E-state index contributed by atoms with van der Waals surface area (Å²) >= 11 is 0. The Morgan fingerprint density at radius 3 is 2.39 bits per heavy atom. The van der Waals surface area contributed by atoms with Crippen LogP contribution in [0.2, 0.25) is 0 Å². The standard InChI is InChI=1S/C12H14N2O4/c1-8(9-5-3-2-4-6-9)14-11(16)10(15)7-13-12(17)18/h2-6,8,13H,7H2,1H3,(H,14,16)(H,17,18). The Kier molecular flexibility index (Phi) is 4.86. The molecular weight excluding hydrogens is 236 g/mol. The zero-order valence-electron chi connectivity index (χ0n) is 9.84. The molecular formula is C12H14N2O4. The Bertz CT molecular complexity index is 445. The van der Waals surface area contributed by atoms with Crippen LogP contribution < -0.4 is 10.6 Å². The van der Waals surface area contributed by atoms with Crippen LogP contribution in [0.15, 0.2) is 30.3 Å². The van der Waals surface area contributed by atoms with Crippen molar-refractivity contribution in [1.29, 1.82) is 0 Å². The summed E-state index contributed by atoms with van der Waals surface area (Å²) in [6, 6.07) is 8.83. The number of hydrogen-bond donors (Lipinski definition) is 3. The number of carboxylic acid groups (broad SMARTS) is 1. The molecule has 0 aliphatic rings. The third kappa shape index (κ3) is 4.25. The fourth-order valence-electron chi connectivity index (χ4n) is 1.34. The summed E-state index contributed by atoms with van der Waals surface area (Å²) in [5.41, 5.74) is 0.866. The van der Waals surface area contributed by atoms with Gasteiger partial charge in [-0.25, -0.2) is 4.79 Å². The van der Waals surface area contributed by atoms with Gasteiger partial charge in [-0.05, 0) is 12.5 Å². The Morgan fingerprint density at radius 1 is 1.22 bits per heavy atom. The number of rotatable bonds is 5. The van der Waals surface area contributed by atoms with E-state index in [0.717, 1.165) is 5.56 Å². The van der Waals surface area contributed by atoms with Crippen LogP contribution in [0, 0.1) is 0 Å². The minimum Gasteiger partial charge on any atom is -0.465 e. The first-order valence-electron chi connectivity index (χ1n) is 5.36. The number of ketones is 1. The monoisotopic (exact) mass is 250 g/mol. The second kappa shape index (κ2) is 6.39. The molecule has 1 aromatic rings. The molecule has 1 unspecified atom stereocenters. The molecule has 0 spiro atoms. The summed E-state index contributed by atoms with van der Waals surface area (Å²) in [6.45, 7) is 1.22. The third-order valence-electron chi connectivity index (χ3n) is 2.30. The zero-order chi connectivity index (χ0) is 13.5. The average molecular weight is 250 g/mol. The molecule has 96 valence electrons. The maximum absolute atomic E-state index is 11.4. The molecule has 1 aromatic carbocycles. The van der Waals surface area contributed by atoms with Crippen molar-refractivity contribution in [1.82, 2.24) is 10.6 Å². The topological polar surface area (TPSA) is 95.5 Å². The second-order valence-electron chi connectivity index (χ2n) is 3.69. The lowest BCUT2D eigenvalue weighted by molar-refractivity contribution is -0.137. The maximum atomic E-state index is 11.4. The Labute approximate surface area is 104 Å². The highest BCUT2D eigenvalue weighted by atomic mass is 16.4. The van der Waals surface area contributed by atoms with Crippen LogP contribution in [-0.2, 0) is 9.59 Å². The molecule has 0 saturated heterocycles. The maximum Gasteiger partial charge on any atom is 0.405 e. The van der Waals surface area contributed by atoms with E-state index in [1.165, 1.54) is 0 Å². The van der Waals surface area contributed by atoms with Crippen molar-refractivity contribution < 1.29 is 19.5 Å². The van der Waals surface area contributed by atoms with Crippen LogP contribution in [0.25, 0.3) is 0 Å². The molecule has 0 heterocycles. The summed E-state index contributed by atoms with van der Waals surface area (Å²) in [7, 11) is 0. The van der Waals surface area contributed by atoms with Crippen LogP contribution in [0.1, 0.15) is 18.5 Å². The largest absolute Gasteiger partial charge is 0.465 e. The summed E-state index contributed by atoms with van der Waals surface area (Å²) in [4.78, 5) is 32.9. The molecule has 0 aromatic heterocycles. The molecule has 3 N–H and O–H groups in total. The average Bonchev–Trinajstić information content (AvgIpc) is 2.36. The van der Waals surface area contributed by atoms with E-state index in [1.807, 2.05) is 35.6 Å². The van der Waals surface area contributed by atoms with Gasteiger partial charge in [-0.1, -0.05) is 30.3 Å². The van der Waals surface area contributed by atoms with Gasteiger partial charge in [-0.15, -0.1) is 0 Å². The van der Waals surface area contributed by atoms with Crippen molar-refractivity contribution in [3.8, 4) is 0 Å². The number of Topliss-reactive ketones (excluding diaryl/α,β-unsaturated/α-hetero) is 1. The first-order chi connectivity index (χ1) is 8.50. The summed E-state index contributed by atoms with van der Waals surface area (Å²) in [6.07, 6.45) is -1.34. The molecule has 0 radical (unpaired) electrons. The number of carbonyl (C=O) groups excluding carboxylic acids is 2. The minimum atomic E-state index is -1.34. The summed E-state index contributed by atoms with van der Waals surface area (Å²) in [5, 5.41) is 12.7. The van der Waals surface area contributed by atoms with Gasteiger partial charge >= 0.3 is 6.09 Å². The van der Waals surface area contributed by atoms with Gasteiger partial charge in [-0.3, -0.25) is 9.59 Å². The zero-order valence-corrected chi connectivity index (χ0v) is 9.84. The van der Waals surface area contributed by atoms with Gasteiger partial charge < -0.3 is 15.7 Å². The van der Waals surface area contributed by atoms with Gasteiger partial charge in [0.05, 0.1) is 12.6 Å². The lowest BCUT2D eigenvalue weighted by atomic mass is 10.1. The van der Waals surface area contributed by atoms with Gasteiger partial charge in [-0.2, -0.15) is 0 Å². The SMILES string of the molecule is CC(NC(=O)C(=O)CNC(=O)O)c1ccccc1. The smallest absolute Gasteiger partial charge is 0.405 e. The first kappa shape index (κ1) is 13.7. The first-order valence-corrected chi connectivity index (χ1v) is 5.36. The van der Waals surface area contributed by atoms with Crippen LogP contribution >= 0.6 is 0 Å². The Morgan fingerprint density at radius 2 is 1.83 bits per heavy atom. The third-order valence-corrected chi connectivity index (χ3v) is 2.30. The van der Waals surface area contributed by atoms with E-state index in [1.54, 1.807) is 6.92 Å². The van der Waals surface area contributed by atoms with Crippen LogP contribution in [0.3, 0.4) is 0 Å². The van der Waals surface area contributed by atoms with E-state index >= 15 is 0 Å². The predicted octanol–water partition coefficient (Wildman–Crippen LogP) is 0.701. The van der Waals surface area contributed by atoms with E-state index in [9.17, 15) is 14.4 Å². The number of amides is 2. The van der Waals surface area contributed by atoms with Gasteiger partial charge in [0.25, 0.3) is 5.91 Å². The van der Waals surface area contributed by atoms with Crippen molar-refractivity contribution in [3.05, 3.63) is 35.9 Å². The van der Waals surface area contributed by atoms with Crippen molar-refractivity contribution in [2.75, 3.05) is 6.54 Å². The van der Waals surface area contributed by atoms with Crippen molar-refractivity contribution in [2.24, 2.45) is 0 Å². The Balaban J connectivity index is 2.49. The van der Waals surface area contributed by atoms with Gasteiger partial charge in [0.15, 0.2) is 0 Å². The minimum absolute atomic E-state index is 0.313. The van der Waals surface area contributed by atoms with Crippen molar-refractivity contribution in [3.63, 3.8) is 0 Å².